The normalized spacial score (nSPS) is 21.6. The zero-order valence-corrected chi connectivity index (χ0v) is 9.98. The number of carbonyl (C=O) groups excluding carboxylic acids is 1. The van der Waals surface area contributed by atoms with E-state index in [1.54, 1.807) is 36.4 Å². The molecule has 0 aromatic heterocycles. The molecular formula is C15H12O4. The van der Waals surface area contributed by atoms with E-state index in [0.29, 0.717) is 16.9 Å². The van der Waals surface area contributed by atoms with Gasteiger partial charge in [0.2, 0.25) is 0 Å². The smallest absolute Gasteiger partial charge is 0.199 e. The number of phenolic OH excluding ortho intramolecular Hbond substituents is 1. The molecule has 0 unspecified atom stereocenters. The number of fused-ring (bicyclic) bond motifs is 1. The molecule has 0 saturated heterocycles. The molecule has 0 radical (unpaired) electrons. The lowest BCUT2D eigenvalue weighted by molar-refractivity contribution is 0.0216. The second kappa shape index (κ2) is 4.40. The Labute approximate surface area is 109 Å². The first-order chi connectivity index (χ1) is 9.16. The largest absolute Gasteiger partial charge is 0.508 e. The average Bonchev–Trinajstić information content (AvgIpc) is 2.44. The molecule has 4 nitrogen and oxygen atoms in total. The molecule has 19 heavy (non-hydrogen) atoms. The quantitative estimate of drug-likeness (QED) is 0.819. The second-order valence-corrected chi connectivity index (χ2v) is 4.44. The van der Waals surface area contributed by atoms with Crippen LogP contribution in [-0.4, -0.2) is 22.1 Å². The van der Waals surface area contributed by atoms with Gasteiger partial charge in [0.15, 0.2) is 18.0 Å². The summed E-state index contributed by atoms with van der Waals surface area (Å²) >= 11 is 0. The number of aliphatic hydroxyl groups is 1. The van der Waals surface area contributed by atoms with Crippen molar-refractivity contribution in [3.05, 3.63) is 59.7 Å². The minimum Gasteiger partial charge on any atom is -0.508 e. The van der Waals surface area contributed by atoms with E-state index in [4.69, 9.17) is 4.74 Å². The van der Waals surface area contributed by atoms with Crippen molar-refractivity contribution >= 4 is 5.78 Å². The van der Waals surface area contributed by atoms with Crippen LogP contribution in [0.4, 0.5) is 0 Å². The highest BCUT2D eigenvalue weighted by Crippen LogP contribution is 2.35. The fourth-order valence-electron chi connectivity index (χ4n) is 2.19. The third kappa shape index (κ3) is 1.96. The minimum atomic E-state index is -1.24. The molecule has 2 N–H and O–H groups in total. The number of hydrogen-bond acceptors (Lipinski definition) is 4. The van der Waals surface area contributed by atoms with Crippen LogP contribution < -0.4 is 4.74 Å². The Morgan fingerprint density at radius 2 is 1.68 bits per heavy atom. The Morgan fingerprint density at radius 1 is 1.00 bits per heavy atom. The maximum atomic E-state index is 12.1. The number of aromatic hydroxyl groups is 1. The molecule has 0 saturated carbocycles. The van der Waals surface area contributed by atoms with Gasteiger partial charge in [0.25, 0.3) is 0 Å². The molecule has 0 spiro atoms. The minimum absolute atomic E-state index is 0.126. The number of Topliss-reactive ketones (excluding diaryl/α,β-unsaturated/α-hetero) is 1. The SMILES string of the molecule is O=C1c2ccccc2O[C@@H](c2ccc(O)cc2)[C@@H]1O. The summed E-state index contributed by atoms with van der Waals surface area (Å²) in [6, 6.07) is 13.1. The average molecular weight is 256 g/mol. The first-order valence-corrected chi connectivity index (χ1v) is 5.94. The number of rotatable bonds is 1. The molecule has 2 aromatic rings. The summed E-state index contributed by atoms with van der Waals surface area (Å²) < 4.78 is 5.69. The summed E-state index contributed by atoms with van der Waals surface area (Å²) in [5.74, 6) is 0.247. The maximum absolute atomic E-state index is 12.1. The number of hydrogen-bond donors (Lipinski definition) is 2. The monoisotopic (exact) mass is 256 g/mol. The number of benzene rings is 2. The van der Waals surface area contributed by atoms with Crippen LogP contribution >= 0.6 is 0 Å². The molecule has 3 rings (SSSR count). The second-order valence-electron chi connectivity index (χ2n) is 4.44. The maximum Gasteiger partial charge on any atom is 0.199 e. The highest BCUT2D eigenvalue weighted by molar-refractivity contribution is 6.03. The Kier molecular flexibility index (Phi) is 2.72. The Bertz CT molecular complexity index is 618. The zero-order valence-electron chi connectivity index (χ0n) is 9.98. The predicted octanol–water partition coefficient (Wildman–Crippen LogP) is 2.07. The fraction of sp³-hybridized carbons (Fsp3) is 0.133. The lowest BCUT2D eigenvalue weighted by Gasteiger charge is -2.29. The molecule has 2 atom stereocenters. The summed E-state index contributed by atoms with van der Waals surface area (Å²) in [6.45, 7) is 0. The number of carbonyl (C=O) groups is 1. The number of ether oxygens (including phenoxy) is 1. The number of phenols is 1. The highest BCUT2D eigenvalue weighted by atomic mass is 16.5. The standard InChI is InChI=1S/C15H12O4/c16-10-7-5-9(6-8-10)15-14(18)13(17)11-3-1-2-4-12(11)19-15/h1-8,14-16,18H/t14-,15+/m1/s1. The fourth-order valence-corrected chi connectivity index (χ4v) is 2.19. The van der Waals surface area contributed by atoms with E-state index in [2.05, 4.69) is 0 Å². The molecule has 1 aliphatic rings. The van der Waals surface area contributed by atoms with Crippen LogP contribution in [0.25, 0.3) is 0 Å². The summed E-state index contributed by atoms with van der Waals surface area (Å²) in [4.78, 5) is 12.1. The van der Waals surface area contributed by atoms with Crippen molar-refractivity contribution in [2.45, 2.75) is 12.2 Å². The van der Waals surface area contributed by atoms with Crippen molar-refractivity contribution in [3.63, 3.8) is 0 Å². The van der Waals surface area contributed by atoms with Crippen LogP contribution in [0.3, 0.4) is 0 Å². The van der Waals surface area contributed by atoms with Gasteiger partial charge in [-0.15, -0.1) is 0 Å². The van der Waals surface area contributed by atoms with Crippen LogP contribution in [0.1, 0.15) is 22.0 Å². The van der Waals surface area contributed by atoms with Crippen LogP contribution in [0.15, 0.2) is 48.5 Å². The Hall–Kier alpha value is -2.33. The van der Waals surface area contributed by atoms with E-state index in [-0.39, 0.29) is 11.5 Å². The van der Waals surface area contributed by atoms with Gasteiger partial charge in [-0.2, -0.15) is 0 Å². The van der Waals surface area contributed by atoms with E-state index in [1.807, 2.05) is 0 Å². The van der Waals surface area contributed by atoms with Crippen molar-refractivity contribution < 1.29 is 19.7 Å². The molecule has 0 fully saturated rings. The Balaban J connectivity index is 2.01. The number of para-hydroxylation sites is 1. The summed E-state index contributed by atoms with van der Waals surface area (Å²) in [5, 5.41) is 19.3. The predicted molar refractivity (Wildman–Crippen MR) is 68.3 cm³/mol. The number of ketones is 1. The molecule has 1 heterocycles. The van der Waals surface area contributed by atoms with Gasteiger partial charge in [0.05, 0.1) is 5.56 Å². The lowest BCUT2D eigenvalue weighted by atomic mass is 9.93. The van der Waals surface area contributed by atoms with Gasteiger partial charge in [-0.3, -0.25) is 4.79 Å². The molecule has 2 aromatic carbocycles. The molecule has 4 heteroatoms. The highest BCUT2D eigenvalue weighted by Gasteiger charge is 2.36. The van der Waals surface area contributed by atoms with Gasteiger partial charge in [0.1, 0.15) is 11.5 Å². The van der Waals surface area contributed by atoms with Gasteiger partial charge in [-0.1, -0.05) is 24.3 Å². The van der Waals surface area contributed by atoms with Gasteiger partial charge in [-0.25, -0.2) is 0 Å². The zero-order chi connectivity index (χ0) is 13.4. The number of aliphatic hydroxyl groups excluding tert-OH is 1. The van der Waals surface area contributed by atoms with Crippen molar-refractivity contribution in [2.24, 2.45) is 0 Å². The van der Waals surface area contributed by atoms with Crippen molar-refractivity contribution in [3.8, 4) is 11.5 Å². The van der Waals surface area contributed by atoms with Crippen molar-refractivity contribution in [1.82, 2.24) is 0 Å². The molecule has 0 aliphatic carbocycles. The van der Waals surface area contributed by atoms with E-state index >= 15 is 0 Å². The van der Waals surface area contributed by atoms with Crippen LogP contribution in [0.5, 0.6) is 11.5 Å². The molecule has 96 valence electrons. The van der Waals surface area contributed by atoms with Crippen molar-refractivity contribution in [1.29, 1.82) is 0 Å². The first kappa shape index (κ1) is 11.7. The van der Waals surface area contributed by atoms with E-state index in [0.717, 1.165) is 0 Å². The van der Waals surface area contributed by atoms with Gasteiger partial charge in [0, 0.05) is 0 Å². The van der Waals surface area contributed by atoms with Crippen molar-refractivity contribution in [2.75, 3.05) is 0 Å². The van der Waals surface area contributed by atoms with E-state index in [1.165, 1.54) is 12.1 Å². The molecule has 1 aliphatic heterocycles. The van der Waals surface area contributed by atoms with Gasteiger partial charge >= 0.3 is 0 Å². The summed E-state index contributed by atoms with van der Waals surface area (Å²) in [5.41, 5.74) is 1.04. The van der Waals surface area contributed by atoms with Gasteiger partial charge < -0.3 is 14.9 Å². The lowest BCUT2D eigenvalue weighted by Crippen LogP contribution is -2.36. The summed E-state index contributed by atoms with van der Waals surface area (Å²) in [6.07, 6.45) is -1.98. The molecule has 0 amide bonds. The van der Waals surface area contributed by atoms with E-state index < -0.39 is 12.2 Å². The first-order valence-electron chi connectivity index (χ1n) is 5.94. The third-order valence-electron chi connectivity index (χ3n) is 3.18. The molecule has 0 bridgehead atoms. The third-order valence-corrected chi connectivity index (χ3v) is 3.18. The summed E-state index contributed by atoms with van der Waals surface area (Å²) in [7, 11) is 0. The molecular weight excluding hydrogens is 244 g/mol. The van der Waals surface area contributed by atoms with Gasteiger partial charge in [-0.05, 0) is 29.8 Å². The van der Waals surface area contributed by atoms with Crippen LogP contribution in [0.2, 0.25) is 0 Å². The van der Waals surface area contributed by atoms with Crippen LogP contribution in [-0.2, 0) is 0 Å². The van der Waals surface area contributed by atoms with Crippen LogP contribution in [0, 0.1) is 0 Å². The topological polar surface area (TPSA) is 66.8 Å². The Morgan fingerprint density at radius 3 is 2.42 bits per heavy atom. The van der Waals surface area contributed by atoms with E-state index in [9.17, 15) is 15.0 Å².